The van der Waals surface area contributed by atoms with E-state index in [2.05, 4.69) is 108 Å². The van der Waals surface area contributed by atoms with E-state index < -0.39 is 0 Å². The molecule has 0 saturated carbocycles. The van der Waals surface area contributed by atoms with Gasteiger partial charge in [-0.2, -0.15) is 0 Å². The highest BCUT2D eigenvalue weighted by Gasteiger charge is 2.30. The highest BCUT2D eigenvalue weighted by Crippen LogP contribution is 2.45. The Hall–Kier alpha value is -3.91. The predicted molar refractivity (Wildman–Crippen MR) is 158 cm³/mol. The van der Waals surface area contributed by atoms with E-state index in [1.54, 1.807) is 16.7 Å². The maximum atomic E-state index is 2.56. The lowest BCUT2D eigenvalue weighted by molar-refractivity contribution is -0.659. The number of fused-ring (bicyclic) bond motifs is 4. The van der Waals surface area contributed by atoms with Crippen LogP contribution >= 0.6 is 0 Å². The van der Waals surface area contributed by atoms with Gasteiger partial charge in [-0.3, -0.25) is 0 Å². The van der Waals surface area contributed by atoms with Crippen LogP contribution in [0.3, 0.4) is 0 Å². The Balaban J connectivity index is 1.36. The van der Waals surface area contributed by atoms with Crippen molar-refractivity contribution in [3.8, 4) is 16.9 Å². The molecule has 0 aliphatic heterocycles. The lowest BCUT2D eigenvalue weighted by Crippen LogP contribution is -2.31. The van der Waals surface area contributed by atoms with Crippen molar-refractivity contribution in [1.29, 1.82) is 0 Å². The van der Waals surface area contributed by atoms with Crippen LogP contribution in [0.5, 0.6) is 0 Å². The summed E-state index contributed by atoms with van der Waals surface area (Å²) in [6.45, 7) is 2.38. The number of hydrogen-bond donors (Lipinski definition) is 0. The van der Waals surface area contributed by atoms with Gasteiger partial charge in [0.15, 0.2) is 6.20 Å². The summed E-state index contributed by atoms with van der Waals surface area (Å²) in [5.41, 5.74) is 13.0. The number of rotatable bonds is 2. The van der Waals surface area contributed by atoms with Crippen molar-refractivity contribution in [2.45, 2.75) is 51.4 Å². The van der Waals surface area contributed by atoms with E-state index in [9.17, 15) is 0 Å². The van der Waals surface area contributed by atoms with Gasteiger partial charge in [-0.1, -0.05) is 36.4 Å². The normalized spacial score (nSPS) is 16.8. The van der Waals surface area contributed by atoms with Gasteiger partial charge >= 0.3 is 0 Å². The van der Waals surface area contributed by atoms with Gasteiger partial charge in [-0.25, -0.2) is 4.57 Å². The zero-order valence-electron chi connectivity index (χ0n) is 22.3. The minimum Gasteiger partial charge on any atom is -0.309 e. The SMILES string of the molecule is Cc1c(-c2c3ccc(-n4c5ccccc5c5ccccc54)cc3cc[n+]2C)cc2c3c1CCCC3CCC2. The Bertz CT molecular complexity index is 1850. The van der Waals surface area contributed by atoms with Crippen LogP contribution in [0, 0.1) is 6.92 Å². The van der Waals surface area contributed by atoms with E-state index in [1.165, 1.54) is 93.6 Å². The van der Waals surface area contributed by atoms with Crippen molar-refractivity contribution in [3.05, 3.63) is 107 Å². The van der Waals surface area contributed by atoms with Gasteiger partial charge in [0.1, 0.15) is 7.05 Å². The van der Waals surface area contributed by atoms with E-state index in [-0.39, 0.29) is 0 Å². The lowest BCUT2D eigenvalue weighted by Gasteiger charge is -2.34. The van der Waals surface area contributed by atoms with Crippen molar-refractivity contribution in [3.63, 3.8) is 0 Å². The summed E-state index contributed by atoms with van der Waals surface area (Å²) in [6.07, 6.45) is 10.2. The molecule has 2 aliphatic carbocycles. The Morgan fingerprint density at radius 3 is 2.24 bits per heavy atom. The minimum absolute atomic E-state index is 0.797. The van der Waals surface area contributed by atoms with Crippen LogP contribution in [0.25, 0.3) is 49.5 Å². The summed E-state index contributed by atoms with van der Waals surface area (Å²) in [5, 5.41) is 5.24. The molecule has 0 amide bonds. The summed E-state index contributed by atoms with van der Waals surface area (Å²) in [5.74, 6) is 0.797. The number of pyridine rings is 1. The fourth-order valence-electron chi connectivity index (χ4n) is 7.73. The molecule has 38 heavy (non-hydrogen) atoms. The maximum Gasteiger partial charge on any atom is 0.220 e. The smallest absolute Gasteiger partial charge is 0.220 e. The number of nitrogens with zero attached hydrogens (tertiary/aromatic N) is 2. The Labute approximate surface area is 224 Å². The standard InChI is InChI=1S/C36H33N2/c1-23-28-14-8-10-24-9-7-11-26(35(24)28)22-32(23)36-29-18-17-27(21-25(29)19-20-37(36)2)38-33-15-5-3-12-30(33)31-13-4-6-16-34(31)38/h3-6,12-13,15-22,24H,7-11,14H2,1-2H3/q+1. The first-order chi connectivity index (χ1) is 18.7. The van der Waals surface area contributed by atoms with Crippen LogP contribution in [-0.2, 0) is 19.9 Å². The highest BCUT2D eigenvalue weighted by atomic mass is 15.0. The van der Waals surface area contributed by atoms with E-state index in [0.29, 0.717) is 0 Å². The van der Waals surface area contributed by atoms with Crippen LogP contribution in [0.1, 0.15) is 53.9 Å². The van der Waals surface area contributed by atoms with Crippen LogP contribution in [0.4, 0.5) is 0 Å². The first-order valence-corrected chi connectivity index (χ1v) is 14.3. The third-order valence-electron chi connectivity index (χ3n) is 9.45. The second kappa shape index (κ2) is 8.30. The molecule has 2 heterocycles. The minimum atomic E-state index is 0.797. The van der Waals surface area contributed by atoms with Crippen LogP contribution < -0.4 is 4.57 Å². The van der Waals surface area contributed by atoms with Crippen LogP contribution in [0.2, 0.25) is 0 Å². The zero-order valence-corrected chi connectivity index (χ0v) is 22.3. The summed E-state index contributed by atoms with van der Waals surface area (Å²) >= 11 is 0. The highest BCUT2D eigenvalue weighted by molar-refractivity contribution is 6.09. The number of aryl methyl sites for hydroxylation is 2. The van der Waals surface area contributed by atoms with Gasteiger partial charge in [-0.15, -0.1) is 0 Å². The molecule has 2 heteroatoms. The molecule has 2 aromatic heterocycles. The molecular formula is C36H33N2+. The van der Waals surface area contributed by atoms with E-state index in [1.807, 2.05) is 0 Å². The Kier molecular flexibility index (Phi) is 4.83. The van der Waals surface area contributed by atoms with E-state index >= 15 is 0 Å². The van der Waals surface area contributed by atoms with E-state index in [4.69, 9.17) is 0 Å². The Morgan fingerprint density at radius 1 is 0.763 bits per heavy atom. The molecule has 0 fully saturated rings. The molecule has 1 unspecified atom stereocenters. The number of aromatic nitrogens is 2. The van der Waals surface area contributed by atoms with Gasteiger partial charge in [0.25, 0.3) is 0 Å². The van der Waals surface area contributed by atoms with E-state index in [0.717, 1.165) is 5.92 Å². The van der Waals surface area contributed by atoms with Crippen molar-refractivity contribution in [2.24, 2.45) is 7.05 Å². The average molecular weight is 494 g/mol. The van der Waals surface area contributed by atoms with Crippen molar-refractivity contribution in [1.82, 2.24) is 4.57 Å². The maximum absolute atomic E-state index is 2.56. The van der Waals surface area contributed by atoms with Gasteiger partial charge in [0.2, 0.25) is 5.69 Å². The number of benzene rings is 4. The second-order valence-corrected chi connectivity index (χ2v) is 11.5. The van der Waals surface area contributed by atoms with Crippen molar-refractivity contribution >= 4 is 32.6 Å². The summed E-state index contributed by atoms with van der Waals surface area (Å²) in [7, 11) is 2.21. The van der Waals surface area contributed by atoms with Gasteiger partial charge in [0.05, 0.1) is 22.0 Å². The molecule has 0 bridgehead atoms. The van der Waals surface area contributed by atoms with Crippen molar-refractivity contribution in [2.75, 3.05) is 0 Å². The molecule has 186 valence electrons. The summed E-state index contributed by atoms with van der Waals surface area (Å²) in [6, 6.07) is 29.4. The van der Waals surface area contributed by atoms with Gasteiger partial charge in [-0.05, 0) is 115 Å². The lowest BCUT2D eigenvalue weighted by atomic mass is 9.71. The third kappa shape index (κ3) is 3.10. The molecule has 4 aromatic carbocycles. The molecule has 6 aromatic rings. The van der Waals surface area contributed by atoms with Gasteiger partial charge in [0, 0.05) is 22.5 Å². The third-order valence-corrected chi connectivity index (χ3v) is 9.45. The van der Waals surface area contributed by atoms with Crippen LogP contribution in [0.15, 0.2) is 85.1 Å². The van der Waals surface area contributed by atoms with Gasteiger partial charge < -0.3 is 4.57 Å². The predicted octanol–water partition coefficient (Wildman–Crippen LogP) is 8.49. The number of hydrogen-bond acceptors (Lipinski definition) is 0. The summed E-state index contributed by atoms with van der Waals surface area (Å²) < 4.78 is 4.76. The van der Waals surface area contributed by atoms with Crippen LogP contribution in [-0.4, -0.2) is 4.57 Å². The molecule has 8 rings (SSSR count). The molecular weight excluding hydrogens is 460 g/mol. The first kappa shape index (κ1) is 22.1. The molecule has 1 atom stereocenters. The zero-order chi connectivity index (χ0) is 25.4. The molecule has 2 aliphatic rings. The number of para-hydroxylation sites is 2. The first-order valence-electron chi connectivity index (χ1n) is 14.3. The molecule has 0 radical (unpaired) electrons. The largest absolute Gasteiger partial charge is 0.309 e. The fraction of sp³-hybridized carbons (Fsp3) is 0.250. The molecule has 2 nitrogen and oxygen atoms in total. The summed E-state index contributed by atoms with van der Waals surface area (Å²) in [4.78, 5) is 0. The topological polar surface area (TPSA) is 8.81 Å². The quantitative estimate of drug-likeness (QED) is 0.214. The molecule has 0 saturated heterocycles. The second-order valence-electron chi connectivity index (χ2n) is 11.5. The Morgan fingerprint density at radius 2 is 1.47 bits per heavy atom. The fourth-order valence-corrected chi connectivity index (χ4v) is 7.73. The molecule has 0 spiro atoms. The van der Waals surface area contributed by atoms with Crippen molar-refractivity contribution < 1.29 is 4.57 Å². The molecule has 0 N–H and O–H groups in total. The average Bonchev–Trinajstić information content (AvgIpc) is 3.29. The monoisotopic (exact) mass is 493 g/mol.